The first-order valence-electron chi connectivity index (χ1n) is 7.77. The number of aliphatic carboxylic acids is 1. The molecular formula is C15H29N3O2. The SMILES string of the molecule is CC1CN(C(C)CC(C)(NC2CC2)C(=O)O)CCN1C. The van der Waals surface area contributed by atoms with Crippen LogP contribution in [0.1, 0.15) is 40.0 Å². The third kappa shape index (κ3) is 3.71. The summed E-state index contributed by atoms with van der Waals surface area (Å²) in [5.41, 5.74) is -0.798. The van der Waals surface area contributed by atoms with Crippen LogP contribution in [0.2, 0.25) is 0 Å². The number of hydrogen-bond acceptors (Lipinski definition) is 4. The normalized spacial score (nSPS) is 29.9. The number of hydrogen-bond donors (Lipinski definition) is 2. The molecule has 2 rings (SSSR count). The molecule has 1 heterocycles. The van der Waals surface area contributed by atoms with Gasteiger partial charge in [0.2, 0.25) is 0 Å². The van der Waals surface area contributed by atoms with Gasteiger partial charge in [-0.15, -0.1) is 0 Å². The van der Waals surface area contributed by atoms with Crippen molar-refractivity contribution in [1.82, 2.24) is 15.1 Å². The maximum atomic E-state index is 11.6. The van der Waals surface area contributed by atoms with Crippen LogP contribution in [0.5, 0.6) is 0 Å². The first-order valence-corrected chi connectivity index (χ1v) is 7.77. The smallest absolute Gasteiger partial charge is 0.323 e. The Morgan fingerprint density at radius 1 is 1.45 bits per heavy atom. The fourth-order valence-corrected chi connectivity index (χ4v) is 3.08. The van der Waals surface area contributed by atoms with Crippen molar-refractivity contribution in [2.24, 2.45) is 0 Å². The largest absolute Gasteiger partial charge is 0.480 e. The van der Waals surface area contributed by atoms with Crippen LogP contribution in [0.15, 0.2) is 0 Å². The number of likely N-dealkylation sites (N-methyl/N-ethyl adjacent to an activating group) is 1. The Balaban J connectivity index is 1.93. The lowest BCUT2D eigenvalue weighted by atomic mass is 9.92. The highest BCUT2D eigenvalue weighted by molar-refractivity contribution is 5.78. The zero-order valence-electron chi connectivity index (χ0n) is 13.2. The summed E-state index contributed by atoms with van der Waals surface area (Å²) in [6.45, 7) is 9.35. The quantitative estimate of drug-likeness (QED) is 0.761. The molecule has 1 saturated heterocycles. The molecule has 0 amide bonds. The van der Waals surface area contributed by atoms with Crippen LogP contribution >= 0.6 is 0 Å². The van der Waals surface area contributed by atoms with Gasteiger partial charge in [0.05, 0.1) is 0 Å². The number of rotatable bonds is 6. The van der Waals surface area contributed by atoms with Crippen LogP contribution in [-0.2, 0) is 4.79 Å². The topological polar surface area (TPSA) is 55.8 Å². The van der Waals surface area contributed by atoms with E-state index in [2.05, 4.69) is 36.0 Å². The monoisotopic (exact) mass is 283 g/mol. The van der Waals surface area contributed by atoms with Gasteiger partial charge < -0.3 is 10.0 Å². The zero-order valence-corrected chi connectivity index (χ0v) is 13.2. The molecule has 0 aromatic carbocycles. The van der Waals surface area contributed by atoms with Gasteiger partial charge in [0.1, 0.15) is 5.54 Å². The summed E-state index contributed by atoms with van der Waals surface area (Å²) < 4.78 is 0. The molecule has 1 aliphatic carbocycles. The minimum Gasteiger partial charge on any atom is -0.480 e. The maximum absolute atomic E-state index is 11.6. The molecule has 3 atom stereocenters. The predicted octanol–water partition coefficient (Wildman–Crippen LogP) is 0.996. The van der Waals surface area contributed by atoms with Crippen LogP contribution in [-0.4, -0.2) is 71.2 Å². The van der Waals surface area contributed by atoms with Crippen molar-refractivity contribution in [3.63, 3.8) is 0 Å². The highest BCUT2D eigenvalue weighted by Crippen LogP contribution is 2.26. The summed E-state index contributed by atoms with van der Waals surface area (Å²) in [4.78, 5) is 16.4. The van der Waals surface area contributed by atoms with Crippen molar-refractivity contribution in [1.29, 1.82) is 0 Å². The third-order valence-corrected chi connectivity index (χ3v) is 4.89. The first-order chi connectivity index (χ1) is 9.32. The molecule has 0 aromatic heterocycles. The van der Waals surface area contributed by atoms with Crippen LogP contribution < -0.4 is 5.32 Å². The van der Waals surface area contributed by atoms with Crippen LogP contribution in [0, 0.1) is 0 Å². The number of carboxylic acids is 1. The van der Waals surface area contributed by atoms with E-state index in [1.807, 2.05) is 6.92 Å². The molecule has 1 aliphatic heterocycles. The minimum absolute atomic E-state index is 0.290. The Kier molecular flexibility index (Phi) is 4.72. The standard InChI is InChI=1S/C15H29N3O2/c1-11(18-8-7-17(4)12(2)10-18)9-15(3,14(19)20)16-13-5-6-13/h11-13,16H,5-10H2,1-4H3,(H,19,20). The average molecular weight is 283 g/mol. The van der Waals surface area contributed by atoms with E-state index >= 15 is 0 Å². The van der Waals surface area contributed by atoms with Gasteiger partial charge >= 0.3 is 5.97 Å². The van der Waals surface area contributed by atoms with Gasteiger partial charge in [0, 0.05) is 37.8 Å². The zero-order chi connectivity index (χ0) is 14.9. The molecule has 20 heavy (non-hydrogen) atoms. The molecular weight excluding hydrogens is 254 g/mol. The lowest BCUT2D eigenvalue weighted by molar-refractivity contribution is -0.145. The summed E-state index contributed by atoms with van der Waals surface area (Å²) >= 11 is 0. The van der Waals surface area contributed by atoms with Crippen molar-refractivity contribution in [2.45, 2.75) is 63.7 Å². The lowest BCUT2D eigenvalue weighted by Gasteiger charge is -2.42. The molecule has 5 nitrogen and oxygen atoms in total. The minimum atomic E-state index is -0.798. The van der Waals surface area contributed by atoms with Crippen molar-refractivity contribution in [2.75, 3.05) is 26.7 Å². The van der Waals surface area contributed by atoms with E-state index in [9.17, 15) is 9.90 Å². The highest BCUT2D eigenvalue weighted by atomic mass is 16.4. The van der Waals surface area contributed by atoms with Gasteiger partial charge in [-0.3, -0.25) is 15.0 Å². The van der Waals surface area contributed by atoms with Gasteiger partial charge in [0.15, 0.2) is 0 Å². The highest BCUT2D eigenvalue weighted by Gasteiger charge is 2.40. The van der Waals surface area contributed by atoms with Crippen LogP contribution in [0.3, 0.4) is 0 Å². The molecule has 0 spiro atoms. The predicted molar refractivity (Wildman–Crippen MR) is 79.9 cm³/mol. The fourth-order valence-electron chi connectivity index (χ4n) is 3.08. The van der Waals surface area contributed by atoms with Crippen molar-refractivity contribution in [3.8, 4) is 0 Å². The fraction of sp³-hybridized carbons (Fsp3) is 0.933. The van der Waals surface area contributed by atoms with Crippen molar-refractivity contribution >= 4 is 5.97 Å². The second kappa shape index (κ2) is 6.00. The molecule has 2 N–H and O–H groups in total. The van der Waals surface area contributed by atoms with Gasteiger partial charge in [-0.25, -0.2) is 0 Å². The van der Waals surface area contributed by atoms with E-state index < -0.39 is 11.5 Å². The summed E-state index contributed by atoms with van der Waals surface area (Å²) in [5.74, 6) is -0.724. The van der Waals surface area contributed by atoms with E-state index in [0.29, 0.717) is 24.5 Å². The number of piperazine rings is 1. The van der Waals surface area contributed by atoms with Crippen molar-refractivity contribution < 1.29 is 9.90 Å². The van der Waals surface area contributed by atoms with Crippen LogP contribution in [0.4, 0.5) is 0 Å². The van der Waals surface area contributed by atoms with Gasteiger partial charge in [-0.2, -0.15) is 0 Å². The van der Waals surface area contributed by atoms with Gasteiger partial charge in [-0.05, 0) is 47.1 Å². The summed E-state index contributed by atoms with van der Waals surface area (Å²) in [5, 5.41) is 12.9. The lowest BCUT2D eigenvalue weighted by Crippen LogP contribution is -2.57. The van der Waals surface area contributed by atoms with Gasteiger partial charge in [-0.1, -0.05) is 0 Å². The Morgan fingerprint density at radius 2 is 2.10 bits per heavy atom. The molecule has 3 unspecified atom stereocenters. The summed E-state index contributed by atoms with van der Waals surface area (Å²) in [7, 11) is 2.16. The van der Waals surface area contributed by atoms with Crippen LogP contribution in [0.25, 0.3) is 0 Å². The Hall–Kier alpha value is -0.650. The van der Waals surface area contributed by atoms with E-state index in [0.717, 1.165) is 32.5 Å². The van der Waals surface area contributed by atoms with E-state index in [-0.39, 0.29) is 0 Å². The molecule has 5 heteroatoms. The molecule has 1 saturated carbocycles. The van der Waals surface area contributed by atoms with E-state index in [1.54, 1.807) is 0 Å². The Bertz CT molecular complexity index is 359. The van der Waals surface area contributed by atoms with E-state index in [1.165, 1.54) is 0 Å². The molecule has 116 valence electrons. The number of carbonyl (C=O) groups is 1. The molecule has 2 fully saturated rings. The molecule has 0 bridgehead atoms. The second-order valence-electron chi connectivity index (χ2n) is 6.93. The number of nitrogens with one attached hydrogen (secondary N) is 1. The number of nitrogens with zero attached hydrogens (tertiary/aromatic N) is 2. The average Bonchev–Trinajstić information content (AvgIpc) is 3.16. The van der Waals surface area contributed by atoms with E-state index in [4.69, 9.17) is 0 Å². The molecule has 2 aliphatic rings. The Morgan fingerprint density at radius 3 is 2.60 bits per heavy atom. The molecule has 0 aromatic rings. The molecule has 0 radical (unpaired) electrons. The Labute approximate surface area is 122 Å². The first kappa shape index (κ1) is 15.7. The van der Waals surface area contributed by atoms with Gasteiger partial charge in [0.25, 0.3) is 0 Å². The summed E-state index contributed by atoms with van der Waals surface area (Å²) in [6.07, 6.45) is 2.89. The van der Waals surface area contributed by atoms with Crippen molar-refractivity contribution in [3.05, 3.63) is 0 Å². The second-order valence-corrected chi connectivity index (χ2v) is 6.93. The summed E-state index contributed by atoms with van der Waals surface area (Å²) in [6, 6.07) is 1.24. The number of carboxylic acid groups (broad SMARTS) is 1. The third-order valence-electron chi connectivity index (χ3n) is 4.89. The maximum Gasteiger partial charge on any atom is 0.323 e.